The van der Waals surface area contributed by atoms with Gasteiger partial charge in [-0.3, -0.25) is 0 Å². The number of piperidine rings is 1. The Labute approximate surface area is 140 Å². The van der Waals surface area contributed by atoms with E-state index in [0.717, 1.165) is 11.8 Å². The molecule has 1 saturated carbocycles. The number of hydrogen-bond donors (Lipinski definition) is 0. The Morgan fingerprint density at radius 2 is 1.26 bits per heavy atom. The normalized spacial score (nSPS) is 20.0. The SMILES string of the molecule is c1ccc(C(c2ccccc2)C2CCN(CC3CC3)CC2)cc1. The Hall–Kier alpha value is -1.60. The van der Waals surface area contributed by atoms with E-state index in [4.69, 9.17) is 0 Å². The summed E-state index contributed by atoms with van der Waals surface area (Å²) in [5.41, 5.74) is 2.97. The molecule has 1 nitrogen and oxygen atoms in total. The average Bonchev–Trinajstić information content (AvgIpc) is 3.43. The highest BCUT2D eigenvalue weighted by molar-refractivity contribution is 5.33. The average molecular weight is 305 g/mol. The van der Waals surface area contributed by atoms with Gasteiger partial charge in [0, 0.05) is 12.5 Å². The van der Waals surface area contributed by atoms with Gasteiger partial charge in [0.2, 0.25) is 0 Å². The lowest BCUT2D eigenvalue weighted by Crippen LogP contribution is -2.37. The highest BCUT2D eigenvalue weighted by atomic mass is 15.1. The van der Waals surface area contributed by atoms with Crippen LogP contribution >= 0.6 is 0 Å². The molecule has 0 atom stereocenters. The highest BCUT2D eigenvalue weighted by Gasteiger charge is 2.31. The fraction of sp³-hybridized carbons (Fsp3) is 0.455. The Morgan fingerprint density at radius 3 is 1.74 bits per heavy atom. The molecule has 1 heteroatoms. The number of nitrogens with zero attached hydrogens (tertiary/aromatic N) is 1. The fourth-order valence-corrected chi connectivity index (χ4v) is 4.19. The van der Waals surface area contributed by atoms with Crippen LogP contribution in [0.2, 0.25) is 0 Å². The third-order valence-corrected chi connectivity index (χ3v) is 5.63. The Balaban J connectivity index is 1.52. The second-order valence-electron chi connectivity index (χ2n) is 7.38. The summed E-state index contributed by atoms with van der Waals surface area (Å²) in [5.74, 6) is 2.35. The summed E-state index contributed by atoms with van der Waals surface area (Å²) in [5, 5.41) is 0. The lowest BCUT2D eigenvalue weighted by molar-refractivity contribution is 0.169. The van der Waals surface area contributed by atoms with E-state index < -0.39 is 0 Å². The molecular weight excluding hydrogens is 278 g/mol. The third kappa shape index (κ3) is 3.67. The quantitative estimate of drug-likeness (QED) is 0.756. The number of benzene rings is 2. The van der Waals surface area contributed by atoms with Crippen LogP contribution in [0, 0.1) is 11.8 Å². The molecule has 0 unspecified atom stereocenters. The van der Waals surface area contributed by atoms with Crippen molar-refractivity contribution >= 4 is 0 Å². The summed E-state index contributed by atoms with van der Waals surface area (Å²) in [6.45, 7) is 3.93. The number of likely N-dealkylation sites (tertiary alicyclic amines) is 1. The van der Waals surface area contributed by atoms with Crippen molar-refractivity contribution in [3.63, 3.8) is 0 Å². The minimum absolute atomic E-state index is 0.556. The van der Waals surface area contributed by atoms with Crippen molar-refractivity contribution in [2.75, 3.05) is 19.6 Å². The highest BCUT2D eigenvalue weighted by Crippen LogP contribution is 2.39. The molecule has 2 aliphatic rings. The molecule has 1 aliphatic heterocycles. The summed E-state index contributed by atoms with van der Waals surface area (Å²) < 4.78 is 0. The van der Waals surface area contributed by atoms with Crippen molar-refractivity contribution in [1.29, 1.82) is 0 Å². The van der Waals surface area contributed by atoms with Gasteiger partial charge in [0.15, 0.2) is 0 Å². The van der Waals surface area contributed by atoms with E-state index in [9.17, 15) is 0 Å². The van der Waals surface area contributed by atoms with Crippen LogP contribution in [0.3, 0.4) is 0 Å². The largest absolute Gasteiger partial charge is 0.303 e. The van der Waals surface area contributed by atoms with Crippen LogP contribution in [0.15, 0.2) is 60.7 Å². The fourth-order valence-electron chi connectivity index (χ4n) is 4.19. The maximum atomic E-state index is 2.71. The standard InChI is InChI=1S/C22H27N/c1-3-7-19(8-4-1)22(20-9-5-2-6-10-20)21-13-15-23(16-14-21)17-18-11-12-18/h1-10,18,21-22H,11-17H2. The first kappa shape index (κ1) is 15.0. The van der Waals surface area contributed by atoms with Gasteiger partial charge in [0.25, 0.3) is 0 Å². The molecule has 4 rings (SSSR count). The van der Waals surface area contributed by atoms with E-state index in [1.807, 2.05) is 0 Å². The minimum atomic E-state index is 0.556. The van der Waals surface area contributed by atoms with Crippen molar-refractivity contribution in [2.45, 2.75) is 31.6 Å². The van der Waals surface area contributed by atoms with Gasteiger partial charge in [-0.1, -0.05) is 60.7 Å². The topological polar surface area (TPSA) is 3.24 Å². The van der Waals surface area contributed by atoms with Gasteiger partial charge < -0.3 is 4.90 Å². The first-order valence-electron chi connectivity index (χ1n) is 9.22. The van der Waals surface area contributed by atoms with E-state index in [-0.39, 0.29) is 0 Å². The summed E-state index contributed by atoms with van der Waals surface area (Å²) >= 11 is 0. The van der Waals surface area contributed by atoms with E-state index in [2.05, 4.69) is 65.6 Å². The first-order chi connectivity index (χ1) is 11.4. The van der Waals surface area contributed by atoms with Gasteiger partial charge >= 0.3 is 0 Å². The van der Waals surface area contributed by atoms with Gasteiger partial charge in [0.05, 0.1) is 0 Å². The smallest absolute Gasteiger partial charge is 0.0119 e. The second kappa shape index (κ2) is 6.88. The maximum Gasteiger partial charge on any atom is 0.0119 e. The van der Waals surface area contributed by atoms with Crippen molar-refractivity contribution in [1.82, 2.24) is 4.90 Å². The molecule has 0 bridgehead atoms. The third-order valence-electron chi connectivity index (χ3n) is 5.63. The number of rotatable bonds is 5. The molecule has 0 amide bonds. The summed E-state index contributed by atoms with van der Waals surface area (Å²) in [7, 11) is 0. The molecule has 0 N–H and O–H groups in total. The zero-order valence-electron chi connectivity index (χ0n) is 13.9. The summed E-state index contributed by atoms with van der Waals surface area (Å²) in [6.07, 6.45) is 5.61. The van der Waals surface area contributed by atoms with Crippen molar-refractivity contribution in [3.8, 4) is 0 Å². The van der Waals surface area contributed by atoms with Gasteiger partial charge in [-0.15, -0.1) is 0 Å². The molecular formula is C22H27N. The number of hydrogen-bond acceptors (Lipinski definition) is 1. The molecule has 23 heavy (non-hydrogen) atoms. The van der Waals surface area contributed by atoms with Crippen LogP contribution < -0.4 is 0 Å². The second-order valence-corrected chi connectivity index (χ2v) is 7.38. The predicted octanol–water partition coefficient (Wildman–Crippen LogP) is 4.94. The summed E-state index contributed by atoms with van der Waals surface area (Å²) in [6, 6.07) is 22.3. The van der Waals surface area contributed by atoms with Crippen LogP contribution in [0.4, 0.5) is 0 Å². The van der Waals surface area contributed by atoms with Gasteiger partial charge in [-0.05, 0) is 61.7 Å². The molecule has 1 saturated heterocycles. The molecule has 2 aromatic rings. The maximum absolute atomic E-state index is 2.71. The predicted molar refractivity (Wildman–Crippen MR) is 96.6 cm³/mol. The molecule has 120 valence electrons. The van der Waals surface area contributed by atoms with Crippen molar-refractivity contribution in [3.05, 3.63) is 71.8 Å². The molecule has 0 radical (unpaired) electrons. The van der Waals surface area contributed by atoms with Crippen molar-refractivity contribution in [2.24, 2.45) is 11.8 Å². The van der Waals surface area contributed by atoms with Crippen molar-refractivity contribution < 1.29 is 0 Å². The molecule has 0 aromatic heterocycles. The zero-order chi connectivity index (χ0) is 15.5. The lowest BCUT2D eigenvalue weighted by Gasteiger charge is -2.36. The molecule has 2 aromatic carbocycles. The molecule has 1 aliphatic carbocycles. The van der Waals surface area contributed by atoms with Crippen LogP contribution in [0.1, 0.15) is 42.7 Å². The Bertz CT molecular complexity index is 555. The summed E-state index contributed by atoms with van der Waals surface area (Å²) in [4.78, 5) is 2.71. The minimum Gasteiger partial charge on any atom is -0.303 e. The zero-order valence-corrected chi connectivity index (χ0v) is 13.9. The van der Waals surface area contributed by atoms with E-state index >= 15 is 0 Å². The Kier molecular flexibility index (Phi) is 4.48. The van der Waals surface area contributed by atoms with Crippen LogP contribution in [-0.2, 0) is 0 Å². The van der Waals surface area contributed by atoms with Gasteiger partial charge in [-0.25, -0.2) is 0 Å². The first-order valence-corrected chi connectivity index (χ1v) is 9.22. The Morgan fingerprint density at radius 1 is 0.739 bits per heavy atom. The van der Waals surface area contributed by atoms with Gasteiger partial charge in [-0.2, -0.15) is 0 Å². The monoisotopic (exact) mass is 305 g/mol. The lowest BCUT2D eigenvalue weighted by atomic mass is 9.76. The van der Waals surface area contributed by atoms with Gasteiger partial charge in [0.1, 0.15) is 0 Å². The van der Waals surface area contributed by atoms with E-state index in [1.165, 1.54) is 56.4 Å². The van der Waals surface area contributed by atoms with E-state index in [1.54, 1.807) is 0 Å². The van der Waals surface area contributed by atoms with Crippen LogP contribution in [-0.4, -0.2) is 24.5 Å². The van der Waals surface area contributed by atoms with Crippen LogP contribution in [0.25, 0.3) is 0 Å². The molecule has 2 fully saturated rings. The molecule has 1 heterocycles. The van der Waals surface area contributed by atoms with Crippen LogP contribution in [0.5, 0.6) is 0 Å². The van der Waals surface area contributed by atoms with E-state index in [0.29, 0.717) is 5.92 Å². The molecule has 0 spiro atoms.